The molecule has 2 heterocycles. The molecular formula is C13H27N3O. The van der Waals surface area contributed by atoms with E-state index in [9.17, 15) is 0 Å². The Morgan fingerprint density at radius 2 is 2.00 bits per heavy atom. The number of hydrogen-bond acceptors (Lipinski definition) is 4. The average Bonchev–Trinajstić information content (AvgIpc) is 2.63. The minimum atomic E-state index is 0.769. The van der Waals surface area contributed by atoms with Gasteiger partial charge >= 0.3 is 0 Å². The van der Waals surface area contributed by atoms with Crippen molar-refractivity contribution < 1.29 is 4.74 Å². The van der Waals surface area contributed by atoms with Crippen molar-refractivity contribution in [2.45, 2.75) is 12.8 Å². The van der Waals surface area contributed by atoms with Gasteiger partial charge in [0.05, 0.1) is 6.61 Å². The van der Waals surface area contributed by atoms with E-state index in [1.54, 1.807) is 0 Å². The monoisotopic (exact) mass is 241 g/mol. The summed E-state index contributed by atoms with van der Waals surface area (Å²) in [6.45, 7) is 10.7. The van der Waals surface area contributed by atoms with E-state index in [2.05, 4.69) is 15.1 Å². The molecule has 0 bridgehead atoms. The highest BCUT2D eigenvalue weighted by Gasteiger charge is 2.22. The zero-order valence-corrected chi connectivity index (χ0v) is 11.2. The highest BCUT2D eigenvalue weighted by molar-refractivity contribution is 4.76. The number of methoxy groups -OCH3 is 1. The minimum Gasteiger partial charge on any atom is -0.384 e. The normalized spacial score (nSPS) is 28.4. The summed E-state index contributed by atoms with van der Waals surface area (Å²) in [7, 11) is 1.81. The number of nitrogens with zero attached hydrogens (tertiary/aromatic N) is 2. The van der Waals surface area contributed by atoms with E-state index in [1.165, 1.54) is 58.7 Å². The second kappa shape index (κ2) is 7.31. The zero-order valence-electron chi connectivity index (χ0n) is 11.2. The van der Waals surface area contributed by atoms with Crippen molar-refractivity contribution in [3.05, 3.63) is 0 Å². The number of likely N-dealkylation sites (tertiary alicyclic amines) is 1. The Hall–Kier alpha value is -0.160. The van der Waals surface area contributed by atoms with Crippen LogP contribution in [0.4, 0.5) is 0 Å². The standard InChI is InChI=1S/C13H27N3O/c1-17-12-13-3-7-16(11-13)10-9-15-6-2-4-14-5-8-15/h13-14H,2-12H2,1H3. The molecule has 1 atom stereocenters. The zero-order chi connectivity index (χ0) is 11.9. The molecule has 4 nitrogen and oxygen atoms in total. The SMILES string of the molecule is COCC1CCN(CCN2CCCNCC2)C1. The number of hydrogen-bond donors (Lipinski definition) is 1. The fourth-order valence-corrected chi connectivity index (χ4v) is 2.90. The first kappa shape index (κ1) is 13.3. The summed E-state index contributed by atoms with van der Waals surface area (Å²) in [5, 5.41) is 3.46. The fourth-order valence-electron chi connectivity index (χ4n) is 2.90. The first-order valence-corrected chi connectivity index (χ1v) is 7.03. The molecule has 2 fully saturated rings. The van der Waals surface area contributed by atoms with Crippen LogP contribution in [-0.2, 0) is 4.74 Å². The summed E-state index contributed by atoms with van der Waals surface area (Å²) in [5.41, 5.74) is 0. The maximum Gasteiger partial charge on any atom is 0.0503 e. The number of nitrogens with one attached hydrogen (secondary N) is 1. The highest BCUT2D eigenvalue weighted by Crippen LogP contribution is 2.15. The van der Waals surface area contributed by atoms with Gasteiger partial charge in [-0.1, -0.05) is 0 Å². The fraction of sp³-hybridized carbons (Fsp3) is 1.00. The Morgan fingerprint density at radius 1 is 1.12 bits per heavy atom. The summed E-state index contributed by atoms with van der Waals surface area (Å²) >= 11 is 0. The van der Waals surface area contributed by atoms with Crippen LogP contribution in [0.15, 0.2) is 0 Å². The first-order chi connectivity index (χ1) is 8.38. The van der Waals surface area contributed by atoms with Gasteiger partial charge in [-0.2, -0.15) is 0 Å². The van der Waals surface area contributed by atoms with Crippen LogP contribution in [0.1, 0.15) is 12.8 Å². The second-order valence-electron chi connectivity index (χ2n) is 5.36. The second-order valence-corrected chi connectivity index (χ2v) is 5.36. The molecule has 17 heavy (non-hydrogen) atoms. The number of rotatable bonds is 5. The van der Waals surface area contributed by atoms with E-state index in [0.717, 1.165) is 19.1 Å². The van der Waals surface area contributed by atoms with Gasteiger partial charge in [-0.25, -0.2) is 0 Å². The molecule has 1 N–H and O–H groups in total. The molecular weight excluding hydrogens is 214 g/mol. The van der Waals surface area contributed by atoms with Crippen molar-refractivity contribution in [1.82, 2.24) is 15.1 Å². The Labute approximate surface area is 105 Å². The van der Waals surface area contributed by atoms with Crippen LogP contribution in [0.2, 0.25) is 0 Å². The Balaban J connectivity index is 1.61. The van der Waals surface area contributed by atoms with E-state index in [-0.39, 0.29) is 0 Å². The quantitative estimate of drug-likeness (QED) is 0.747. The molecule has 0 amide bonds. The predicted octanol–water partition coefficient (Wildman–Crippen LogP) is 0.250. The maximum atomic E-state index is 5.24. The maximum absolute atomic E-state index is 5.24. The summed E-state index contributed by atoms with van der Waals surface area (Å²) in [6, 6.07) is 0. The molecule has 0 spiro atoms. The van der Waals surface area contributed by atoms with E-state index in [4.69, 9.17) is 4.74 Å². The summed E-state index contributed by atoms with van der Waals surface area (Å²) in [5.74, 6) is 0.769. The van der Waals surface area contributed by atoms with Crippen molar-refractivity contribution in [1.29, 1.82) is 0 Å². The molecule has 1 unspecified atom stereocenters. The van der Waals surface area contributed by atoms with E-state index >= 15 is 0 Å². The lowest BCUT2D eigenvalue weighted by atomic mass is 10.1. The molecule has 2 aliphatic rings. The molecule has 2 rings (SSSR count). The van der Waals surface area contributed by atoms with Gasteiger partial charge < -0.3 is 19.9 Å². The van der Waals surface area contributed by atoms with Gasteiger partial charge in [0, 0.05) is 39.8 Å². The van der Waals surface area contributed by atoms with Gasteiger partial charge in [-0.05, 0) is 38.4 Å². The van der Waals surface area contributed by atoms with Crippen molar-refractivity contribution in [3.8, 4) is 0 Å². The van der Waals surface area contributed by atoms with Crippen LogP contribution in [0.25, 0.3) is 0 Å². The Bertz CT molecular complexity index is 205. The van der Waals surface area contributed by atoms with Crippen LogP contribution < -0.4 is 5.32 Å². The minimum absolute atomic E-state index is 0.769. The highest BCUT2D eigenvalue weighted by atomic mass is 16.5. The molecule has 0 radical (unpaired) electrons. The largest absolute Gasteiger partial charge is 0.384 e. The summed E-state index contributed by atoms with van der Waals surface area (Å²) in [4.78, 5) is 5.20. The number of ether oxygens (including phenoxy) is 1. The molecule has 0 saturated carbocycles. The van der Waals surface area contributed by atoms with Crippen molar-refractivity contribution in [3.63, 3.8) is 0 Å². The van der Waals surface area contributed by atoms with Crippen LogP contribution in [-0.4, -0.2) is 75.9 Å². The first-order valence-electron chi connectivity index (χ1n) is 7.03. The van der Waals surface area contributed by atoms with Gasteiger partial charge in [0.1, 0.15) is 0 Å². The lowest BCUT2D eigenvalue weighted by molar-refractivity contribution is 0.151. The molecule has 2 saturated heterocycles. The topological polar surface area (TPSA) is 27.7 Å². The lowest BCUT2D eigenvalue weighted by Gasteiger charge is -2.23. The van der Waals surface area contributed by atoms with Crippen molar-refractivity contribution >= 4 is 0 Å². The third-order valence-electron chi connectivity index (χ3n) is 3.94. The summed E-state index contributed by atoms with van der Waals surface area (Å²) in [6.07, 6.45) is 2.61. The molecule has 0 aromatic rings. The van der Waals surface area contributed by atoms with Crippen LogP contribution in [0, 0.1) is 5.92 Å². The third kappa shape index (κ3) is 4.54. The van der Waals surface area contributed by atoms with Gasteiger partial charge in [-0.3, -0.25) is 0 Å². The van der Waals surface area contributed by atoms with E-state index in [0.29, 0.717) is 0 Å². The van der Waals surface area contributed by atoms with Crippen LogP contribution in [0.5, 0.6) is 0 Å². The lowest BCUT2D eigenvalue weighted by Crippen LogP contribution is -2.36. The Morgan fingerprint density at radius 3 is 2.88 bits per heavy atom. The third-order valence-corrected chi connectivity index (χ3v) is 3.94. The van der Waals surface area contributed by atoms with Crippen molar-refractivity contribution in [2.75, 3.05) is 66.1 Å². The average molecular weight is 241 g/mol. The summed E-state index contributed by atoms with van der Waals surface area (Å²) < 4.78 is 5.24. The van der Waals surface area contributed by atoms with Gasteiger partial charge in [0.2, 0.25) is 0 Å². The van der Waals surface area contributed by atoms with Crippen LogP contribution in [0.3, 0.4) is 0 Å². The predicted molar refractivity (Wildman–Crippen MR) is 70.3 cm³/mol. The van der Waals surface area contributed by atoms with Crippen molar-refractivity contribution in [2.24, 2.45) is 5.92 Å². The molecule has 0 aliphatic carbocycles. The van der Waals surface area contributed by atoms with E-state index < -0.39 is 0 Å². The van der Waals surface area contributed by atoms with Gasteiger partial charge in [0.25, 0.3) is 0 Å². The molecule has 4 heteroatoms. The van der Waals surface area contributed by atoms with Crippen LogP contribution >= 0.6 is 0 Å². The van der Waals surface area contributed by atoms with Gasteiger partial charge in [-0.15, -0.1) is 0 Å². The Kier molecular flexibility index (Phi) is 5.71. The smallest absolute Gasteiger partial charge is 0.0503 e. The molecule has 0 aromatic carbocycles. The molecule has 2 aliphatic heterocycles. The molecule has 0 aromatic heterocycles. The van der Waals surface area contributed by atoms with E-state index in [1.807, 2.05) is 7.11 Å². The molecule has 100 valence electrons. The van der Waals surface area contributed by atoms with Gasteiger partial charge in [0.15, 0.2) is 0 Å².